The van der Waals surface area contributed by atoms with E-state index in [1.54, 1.807) is 0 Å². The van der Waals surface area contributed by atoms with E-state index >= 15 is 0 Å². The van der Waals surface area contributed by atoms with E-state index in [0.717, 1.165) is 6.61 Å². The fourth-order valence-corrected chi connectivity index (χ4v) is 2.30. The second-order valence-electron chi connectivity index (χ2n) is 3.85. The van der Waals surface area contributed by atoms with Crippen molar-refractivity contribution in [2.24, 2.45) is 0 Å². The van der Waals surface area contributed by atoms with Crippen LogP contribution in [0.3, 0.4) is 0 Å². The maximum Gasteiger partial charge on any atom is 0.0682 e. The molecule has 0 aromatic rings. The molecule has 11 heavy (non-hydrogen) atoms. The smallest absolute Gasteiger partial charge is 0.0682 e. The van der Waals surface area contributed by atoms with Gasteiger partial charge in [0.25, 0.3) is 0 Å². The molecule has 2 aliphatic rings. The Morgan fingerprint density at radius 2 is 1.82 bits per heavy atom. The topological polar surface area (TPSA) is 9.23 Å². The molecule has 1 nitrogen and oxygen atoms in total. The second-order valence-corrected chi connectivity index (χ2v) is 3.85. The Morgan fingerprint density at radius 3 is 2.45 bits per heavy atom. The van der Waals surface area contributed by atoms with Crippen molar-refractivity contribution in [2.45, 2.75) is 50.5 Å². The molecule has 2 fully saturated rings. The van der Waals surface area contributed by atoms with Crippen LogP contribution in [0.5, 0.6) is 0 Å². The molecule has 0 bridgehead atoms. The summed E-state index contributed by atoms with van der Waals surface area (Å²) in [4.78, 5) is 0. The molecule has 0 amide bonds. The van der Waals surface area contributed by atoms with Crippen LogP contribution in [0.15, 0.2) is 0 Å². The minimum Gasteiger partial charge on any atom is -0.375 e. The SMILES string of the molecule is [CH]1CCC2(CC1)CCCCO2. The van der Waals surface area contributed by atoms with E-state index in [9.17, 15) is 0 Å². The first kappa shape index (κ1) is 7.60. The van der Waals surface area contributed by atoms with Crippen LogP contribution in [0.2, 0.25) is 0 Å². The highest BCUT2D eigenvalue weighted by atomic mass is 16.5. The summed E-state index contributed by atoms with van der Waals surface area (Å²) < 4.78 is 5.89. The van der Waals surface area contributed by atoms with Crippen molar-refractivity contribution in [3.05, 3.63) is 6.42 Å². The van der Waals surface area contributed by atoms with E-state index in [4.69, 9.17) is 4.74 Å². The molecular formula is C10H17O. The minimum atomic E-state index is 0.326. The first-order chi connectivity index (χ1) is 5.41. The molecule has 1 spiro atoms. The van der Waals surface area contributed by atoms with Gasteiger partial charge in [0.05, 0.1) is 5.60 Å². The van der Waals surface area contributed by atoms with Gasteiger partial charge in [-0.05, 0) is 51.4 Å². The van der Waals surface area contributed by atoms with Crippen LogP contribution in [0.1, 0.15) is 44.9 Å². The fraction of sp³-hybridized carbons (Fsp3) is 0.900. The molecule has 1 aliphatic carbocycles. The van der Waals surface area contributed by atoms with E-state index in [1.807, 2.05) is 0 Å². The molecule has 1 saturated carbocycles. The number of ether oxygens (including phenoxy) is 1. The molecule has 0 unspecified atom stereocenters. The average Bonchev–Trinajstić information content (AvgIpc) is 2.07. The first-order valence-electron chi connectivity index (χ1n) is 4.87. The molecule has 1 aliphatic heterocycles. The zero-order chi connectivity index (χ0) is 7.57. The first-order valence-corrected chi connectivity index (χ1v) is 4.87. The Hall–Kier alpha value is -0.0400. The lowest BCUT2D eigenvalue weighted by molar-refractivity contribution is -0.0943. The summed E-state index contributed by atoms with van der Waals surface area (Å²) >= 11 is 0. The predicted octanol–water partition coefficient (Wildman–Crippen LogP) is 2.70. The van der Waals surface area contributed by atoms with Crippen LogP contribution < -0.4 is 0 Å². The molecule has 2 rings (SSSR count). The van der Waals surface area contributed by atoms with Gasteiger partial charge in [-0.3, -0.25) is 0 Å². The van der Waals surface area contributed by atoms with Crippen LogP contribution in [-0.4, -0.2) is 12.2 Å². The van der Waals surface area contributed by atoms with Gasteiger partial charge in [-0.1, -0.05) is 0 Å². The van der Waals surface area contributed by atoms with Gasteiger partial charge < -0.3 is 4.74 Å². The normalized spacial score (nSPS) is 30.5. The zero-order valence-electron chi connectivity index (χ0n) is 7.14. The molecule has 0 atom stereocenters. The highest BCUT2D eigenvalue weighted by Crippen LogP contribution is 2.37. The van der Waals surface area contributed by atoms with Gasteiger partial charge in [0.15, 0.2) is 0 Å². The fourth-order valence-electron chi connectivity index (χ4n) is 2.30. The largest absolute Gasteiger partial charge is 0.375 e. The van der Waals surface area contributed by atoms with Crippen LogP contribution in [0, 0.1) is 6.42 Å². The molecule has 0 N–H and O–H groups in total. The third-order valence-electron chi connectivity index (χ3n) is 3.04. The van der Waals surface area contributed by atoms with Crippen LogP contribution in [-0.2, 0) is 4.74 Å². The quantitative estimate of drug-likeness (QED) is 0.520. The Labute approximate surface area is 69.1 Å². The highest BCUT2D eigenvalue weighted by molar-refractivity contribution is 4.91. The van der Waals surface area contributed by atoms with Gasteiger partial charge in [-0.15, -0.1) is 0 Å². The summed E-state index contributed by atoms with van der Waals surface area (Å²) in [5.41, 5.74) is 0.326. The summed E-state index contributed by atoms with van der Waals surface area (Å²) in [5.74, 6) is 0. The van der Waals surface area contributed by atoms with Crippen LogP contribution in [0.25, 0.3) is 0 Å². The third-order valence-corrected chi connectivity index (χ3v) is 3.04. The Bertz CT molecular complexity index is 99.3. The summed E-state index contributed by atoms with van der Waals surface area (Å²) in [6.45, 7) is 1.01. The van der Waals surface area contributed by atoms with Gasteiger partial charge in [-0.25, -0.2) is 0 Å². The summed E-state index contributed by atoms with van der Waals surface area (Å²) in [5, 5.41) is 0. The van der Waals surface area contributed by atoms with Gasteiger partial charge in [0, 0.05) is 6.61 Å². The van der Waals surface area contributed by atoms with Crippen LogP contribution in [0.4, 0.5) is 0 Å². The molecule has 1 heteroatoms. The van der Waals surface area contributed by atoms with Gasteiger partial charge in [0.2, 0.25) is 0 Å². The lowest BCUT2D eigenvalue weighted by Crippen LogP contribution is -2.38. The van der Waals surface area contributed by atoms with E-state index in [2.05, 4.69) is 6.42 Å². The van der Waals surface area contributed by atoms with E-state index < -0.39 is 0 Å². The monoisotopic (exact) mass is 153 g/mol. The third kappa shape index (κ3) is 1.58. The molecule has 1 radical (unpaired) electrons. The Morgan fingerprint density at radius 1 is 1.00 bits per heavy atom. The summed E-state index contributed by atoms with van der Waals surface area (Å²) in [7, 11) is 0. The van der Waals surface area contributed by atoms with Crippen LogP contribution >= 0.6 is 0 Å². The zero-order valence-corrected chi connectivity index (χ0v) is 7.14. The summed E-state index contributed by atoms with van der Waals surface area (Å²) in [6.07, 6.45) is 11.5. The lowest BCUT2D eigenvalue weighted by Gasteiger charge is -2.40. The Balaban J connectivity index is 1.94. The van der Waals surface area contributed by atoms with E-state index in [1.165, 1.54) is 44.9 Å². The average molecular weight is 153 g/mol. The molecule has 1 saturated heterocycles. The maximum absolute atomic E-state index is 5.89. The molecule has 0 aromatic carbocycles. The van der Waals surface area contributed by atoms with E-state index in [-0.39, 0.29) is 0 Å². The number of hydrogen-bond acceptors (Lipinski definition) is 1. The Kier molecular flexibility index (Phi) is 2.17. The summed E-state index contributed by atoms with van der Waals surface area (Å²) in [6, 6.07) is 0. The van der Waals surface area contributed by atoms with Crippen molar-refractivity contribution in [3.63, 3.8) is 0 Å². The molecule has 1 heterocycles. The van der Waals surface area contributed by atoms with Crippen molar-refractivity contribution in [1.29, 1.82) is 0 Å². The molecule has 63 valence electrons. The molecule has 0 aromatic heterocycles. The van der Waals surface area contributed by atoms with Crippen molar-refractivity contribution in [1.82, 2.24) is 0 Å². The highest BCUT2D eigenvalue weighted by Gasteiger charge is 2.34. The standard InChI is InChI=1S/C10H17O/c1-2-6-10(7-3-1)8-4-5-9-11-10/h1H,2-9H2. The minimum absolute atomic E-state index is 0.326. The second kappa shape index (κ2) is 3.14. The van der Waals surface area contributed by atoms with Crippen molar-refractivity contribution in [3.8, 4) is 0 Å². The number of rotatable bonds is 0. The molecular weight excluding hydrogens is 136 g/mol. The van der Waals surface area contributed by atoms with E-state index in [0.29, 0.717) is 5.60 Å². The van der Waals surface area contributed by atoms with Gasteiger partial charge in [0.1, 0.15) is 0 Å². The van der Waals surface area contributed by atoms with Crippen molar-refractivity contribution < 1.29 is 4.74 Å². The van der Waals surface area contributed by atoms with Gasteiger partial charge in [-0.2, -0.15) is 0 Å². The van der Waals surface area contributed by atoms with Crippen molar-refractivity contribution >= 4 is 0 Å². The number of hydrogen-bond donors (Lipinski definition) is 0. The lowest BCUT2D eigenvalue weighted by atomic mass is 9.80. The maximum atomic E-state index is 5.89. The van der Waals surface area contributed by atoms with Gasteiger partial charge >= 0.3 is 0 Å². The predicted molar refractivity (Wildman–Crippen MR) is 45.3 cm³/mol. The van der Waals surface area contributed by atoms with Crippen molar-refractivity contribution in [2.75, 3.05) is 6.61 Å².